The summed E-state index contributed by atoms with van der Waals surface area (Å²) >= 11 is 0. The highest BCUT2D eigenvalue weighted by Gasteiger charge is 2.32. The summed E-state index contributed by atoms with van der Waals surface area (Å²) in [5.74, 6) is -0.520. The molecule has 1 saturated heterocycles. The predicted molar refractivity (Wildman–Crippen MR) is 131 cm³/mol. The molecule has 1 fully saturated rings. The number of amides is 1. The SMILES string of the molecule is Cc1nc2c(C(=O)N3CCN(c4cccc(C(F)(F)F)c4)CC3)cnn2c(C)c1Cc1ccccc1F. The molecule has 5 rings (SSSR count). The largest absolute Gasteiger partial charge is 0.416 e. The number of aromatic nitrogens is 3. The molecule has 6 nitrogen and oxygen atoms in total. The van der Waals surface area contributed by atoms with Gasteiger partial charge in [-0.1, -0.05) is 24.3 Å². The number of hydrogen-bond acceptors (Lipinski definition) is 4. The monoisotopic (exact) mass is 511 g/mol. The van der Waals surface area contributed by atoms with Crippen LogP contribution in [-0.4, -0.2) is 51.6 Å². The minimum absolute atomic E-state index is 0.230. The Labute approximate surface area is 211 Å². The zero-order valence-corrected chi connectivity index (χ0v) is 20.4. The molecule has 10 heteroatoms. The van der Waals surface area contributed by atoms with Gasteiger partial charge in [0, 0.05) is 49.7 Å². The van der Waals surface area contributed by atoms with Crippen molar-refractivity contribution in [3.63, 3.8) is 0 Å². The molecule has 192 valence electrons. The van der Waals surface area contributed by atoms with Crippen LogP contribution in [0.4, 0.5) is 23.2 Å². The van der Waals surface area contributed by atoms with Gasteiger partial charge in [0.15, 0.2) is 5.65 Å². The maximum atomic E-state index is 14.2. The van der Waals surface area contributed by atoms with Crippen LogP contribution in [0.5, 0.6) is 0 Å². The fraction of sp³-hybridized carbons (Fsp3) is 0.296. The lowest BCUT2D eigenvalue weighted by molar-refractivity contribution is -0.137. The van der Waals surface area contributed by atoms with Crippen molar-refractivity contribution < 1.29 is 22.4 Å². The van der Waals surface area contributed by atoms with E-state index in [1.54, 1.807) is 33.7 Å². The average molecular weight is 512 g/mol. The molecule has 0 radical (unpaired) electrons. The number of fused-ring (bicyclic) bond motifs is 1. The first-order chi connectivity index (χ1) is 17.6. The molecule has 1 aliphatic rings. The van der Waals surface area contributed by atoms with E-state index < -0.39 is 11.7 Å². The van der Waals surface area contributed by atoms with E-state index in [9.17, 15) is 22.4 Å². The maximum absolute atomic E-state index is 14.2. The Morgan fingerprint density at radius 3 is 2.43 bits per heavy atom. The smallest absolute Gasteiger partial charge is 0.368 e. The van der Waals surface area contributed by atoms with Gasteiger partial charge in [0.1, 0.15) is 11.4 Å². The number of hydrogen-bond donors (Lipinski definition) is 0. The van der Waals surface area contributed by atoms with Gasteiger partial charge in [0.25, 0.3) is 5.91 Å². The molecule has 0 N–H and O–H groups in total. The Hall–Kier alpha value is -3.95. The molecule has 0 saturated carbocycles. The van der Waals surface area contributed by atoms with E-state index in [0.717, 1.165) is 23.4 Å². The minimum atomic E-state index is -4.41. The lowest BCUT2D eigenvalue weighted by Gasteiger charge is -2.36. The molecule has 0 aliphatic carbocycles. The van der Waals surface area contributed by atoms with E-state index in [1.807, 2.05) is 18.7 Å². The highest BCUT2D eigenvalue weighted by Crippen LogP contribution is 2.32. The summed E-state index contributed by atoms with van der Waals surface area (Å²) in [6, 6.07) is 11.8. The molecular weight excluding hydrogens is 486 g/mol. The van der Waals surface area contributed by atoms with Crippen molar-refractivity contribution in [1.82, 2.24) is 19.5 Å². The third-order valence-corrected chi connectivity index (χ3v) is 6.87. The number of anilines is 1. The molecule has 0 spiro atoms. The molecule has 3 heterocycles. The van der Waals surface area contributed by atoms with Crippen molar-refractivity contribution in [2.75, 3.05) is 31.1 Å². The van der Waals surface area contributed by atoms with Crippen LogP contribution in [0, 0.1) is 19.7 Å². The van der Waals surface area contributed by atoms with Crippen LogP contribution in [-0.2, 0) is 12.6 Å². The van der Waals surface area contributed by atoms with E-state index in [2.05, 4.69) is 10.1 Å². The summed E-state index contributed by atoms with van der Waals surface area (Å²) in [4.78, 5) is 21.5. The van der Waals surface area contributed by atoms with Gasteiger partial charge in [-0.25, -0.2) is 13.9 Å². The molecule has 0 bridgehead atoms. The third-order valence-electron chi connectivity index (χ3n) is 6.87. The summed E-state index contributed by atoms with van der Waals surface area (Å²) in [7, 11) is 0. The minimum Gasteiger partial charge on any atom is -0.368 e. The van der Waals surface area contributed by atoms with Gasteiger partial charge in [-0.2, -0.15) is 18.3 Å². The number of piperazine rings is 1. The van der Waals surface area contributed by atoms with Gasteiger partial charge in [0.2, 0.25) is 0 Å². The molecule has 1 amide bonds. The fourth-order valence-electron chi connectivity index (χ4n) is 4.77. The van der Waals surface area contributed by atoms with Crippen LogP contribution < -0.4 is 4.90 Å². The first-order valence-electron chi connectivity index (χ1n) is 11.9. The van der Waals surface area contributed by atoms with E-state index in [0.29, 0.717) is 60.8 Å². The highest BCUT2D eigenvalue weighted by molar-refractivity contribution is 5.99. The van der Waals surface area contributed by atoms with Crippen molar-refractivity contribution in [2.24, 2.45) is 0 Å². The van der Waals surface area contributed by atoms with Crippen LogP contribution in [0.15, 0.2) is 54.7 Å². The quantitative estimate of drug-likeness (QED) is 0.360. The second kappa shape index (κ2) is 9.49. The van der Waals surface area contributed by atoms with Gasteiger partial charge < -0.3 is 9.80 Å². The number of carbonyl (C=O) groups is 1. The first kappa shape index (κ1) is 24.7. The zero-order chi connectivity index (χ0) is 26.3. The maximum Gasteiger partial charge on any atom is 0.416 e. The zero-order valence-electron chi connectivity index (χ0n) is 20.4. The molecule has 4 aromatic rings. The normalized spacial score (nSPS) is 14.4. The Bertz CT molecular complexity index is 1470. The van der Waals surface area contributed by atoms with E-state index in [4.69, 9.17) is 0 Å². The fourth-order valence-corrected chi connectivity index (χ4v) is 4.77. The molecule has 0 atom stereocenters. The molecule has 0 unspecified atom stereocenters. The van der Waals surface area contributed by atoms with Crippen molar-refractivity contribution in [2.45, 2.75) is 26.4 Å². The van der Waals surface area contributed by atoms with Crippen molar-refractivity contribution >= 4 is 17.2 Å². The highest BCUT2D eigenvalue weighted by atomic mass is 19.4. The Kier molecular flexibility index (Phi) is 6.35. The molecule has 1 aliphatic heterocycles. The van der Waals surface area contributed by atoms with Gasteiger partial charge in [-0.15, -0.1) is 0 Å². The van der Waals surface area contributed by atoms with E-state index in [1.165, 1.54) is 18.3 Å². The number of benzene rings is 2. The van der Waals surface area contributed by atoms with E-state index in [-0.39, 0.29) is 11.7 Å². The number of rotatable bonds is 4. The Morgan fingerprint density at radius 2 is 1.73 bits per heavy atom. The van der Waals surface area contributed by atoms with Crippen LogP contribution in [0.2, 0.25) is 0 Å². The van der Waals surface area contributed by atoms with Gasteiger partial charge >= 0.3 is 6.18 Å². The molecule has 2 aromatic carbocycles. The standard InChI is InChI=1S/C27H25F4N5O/c1-17-22(14-19-6-3-4-9-24(19)28)18(2)36-25(33-17)23(16-32-36)26(37)35-12-10-34(11-13-35)21-8-5-7-20(15-21)27(29,30)31/h3-9,15-16H,10-14H2,1-2H3. The van der Waals surface area contributed by atoms with Crippen molar-refractivity contribution in [3.05, 3.63) is 94.2 Å². The number of halogens is 4. The number of alkyl halides is 3. The summed E-state index contributed by atoms with van der Waals surface area (Å²) in [6.07, 6.45) is -2.56. The first-order valence-corrected chi connectivity index (χ1v) is 11.9. The molecule has 37 heavy (non-hydrogen) atoms. The lowest BCUT2D eigenvalue weighted by atomic mass is 10.0. The molecular formula is C27H25F4N5O. The second-order valence-corrected chi connectivity index (χ2v) is 9.15. The van der Waals surface area contributed by atoms with E-state index >= 15 is 0 Å². The summed E-state index contributed by atoms with van der Waals surface area (Å²) in [5.41, 5.74) is 3.44. The Balaban J connectivity index is 1.34. The summed E-state index contributed by atoms with van der Waals surface area (Å²) in [5, 5.41) is 4.39. The number of carbonyl (C=O) groups excluding carboxylic acids is 1. The topological polar surface area (TPSA) is 53.7 Å². The number of aryl methyl sites for hydroxylation is 2. The van der Waals surface area contributed by atoms with Crippen LogP contribution >= 0.6 is 0 Å². The van der Waals surface area contributed by atoms with Crippen LogP contribution in [0.3, 0.4) is 0 Å². The predicted octanol–water partition coefficient (Wildman–Crippen LogP) is 5.06. The van der Waals surface area contributed by atoms with Gasteiger partial charge in [-0.3, -0.25) is 4.79 Å². The van der Waals surface area contributed by atoms with Crippen molar-refractivity contribution in [1.29, 1.82) is 0 Å². The van der Waals surface area contributed by atoms with Gasteiger partial charge in [0.05, 0.1) is 11.8 Å². The number of nitrogens with zero attached hydrogens (tertiary/aromatic N) is 5. The summed E-state index contributed by atoms with van der Waals surface area (Å²) in [6.45, 7) is 5.23. The van der Waals surface area contributed by atoms with Crippen LogP contribution in [0.1, 0.15) is 38.4 Å². The third kappa shape index (κ3) is 4.75. The van der Waals surface area contributed by atoms with Crippen LogP contribution in [0.25, 0.3) is 5.65 Å². The van der Waals surface area contributed by atoms with Gasteiger partial charge in [-0.05, 0) is 49.2 Å². The molecule has 2 aromatic heterocycles. The second-order valence-electron chi connectivity index (χ2n) is 9.15. The average Bonchev–Trinajstić information content (AvgIpc) is 3.30. The Morgan fingerprint density at radius 1 is 1.00 bits per heavy atom. The van der Waals surface area contributed by atoms with Crippen molar-refractivity contribution in [3.8, 4) is 0 Å². The summed E-state index contributed by atoms with van der Waals surface area (Å²) < 4.78 is 55.1. The lowest BCUT2D eigenvalue weighted by Crippen LogP contribution is -2.48.